The summed E-state index contributed by atoms with van der Waals surface area (Å²) in [6.07, 6.45) is 1.92. The van der Waals surface area contributed by atoms with E-state index in [-0.39, 0.29) is 48.6 Å². The molecule has 1 aromatic rings. The van der Waals surface area contributed by atoms with Gasteiger partial charge in [0.1, 0.15) is 5.82 Å². The Kier molecular flexibility index (Phi) is 11.2. The molecule has 0 radical (unpaired) electrons. The number of likely N-dealkylation sites (tertiary alicyclic amines) is 1. The number of likely N-dealkylation sites (N-methyl/N-ethyl adjacent to an activating group) is 1. The Morgan fingerprint density at radius 3 is 2.62 bits per heavy atom. The van der Waals surface area contributed by atoms with E-state index in [2.05, 4.69) is 29.4 Å². The molecule has 7 heteroatoms. The first kappa shape index (κ1) is 23.1. The van der Waals surface area contributed by atoms with Crippen molar-refractivity contribution in [3.8, 4) is 0 Å². The fraction of sp³-hybridized carbons (Fsp3) is 0.588. The van der Waals surface area contributed by atoms with Crippen LogP contribution < -0.4 is 10.6 Å². The molecule has 1 aromatic carbocycles. The van der Waals surface area contributed by atoms with E-state index in [4.69, 9.17) is 0 Å². The molecule has 0 aliphatic carbocycles. The number of amides is 1. The van der Waals surface area contributed by atoms with E-state index in [1.54, 1.807) is 12.1 Å². The second-order valence-corrected chi connectivity index (χ2v) is 5.96. The average Bonchev–Trinajstić information content (AvgIpc) is 2.96. The van der Waals surface area contributed by atoms with Crippen molar-refractivity contribution >= 4 is 30.7 Å². The van der Waals surface area contributed by atoms with Gasteiger partial charge in [-0.05, 0) is 50.6 Å². The number of benzene rings is 1. The molecule has 0 aromatic heterocycles. The molecule has 1 unspecified atom stereocenters. The summed E-state index contributed by atoms with van der Waals surface area (Å²) in [6, 6.07) is 6.72. The predicted octanol–water partition coefficient (Wildman–Crippen LogP) is 2.75. The van der Waals surface area contributed by atoms with Crippen molar-refractivity contribution < 1.29 is 9.18 Å². The SMILES string of the molecule is CCN[C@H](C)CNC(=O)C1CCCN1Cc1ccc(F)cc1.Cl.Cl. The number of rotatable bonds is 7. The van der Waals surface area contributed by atoms with E-state index >= 15 is 0 Å². The Balaban J connectivity index is 0.00000264. The van der Waals surface area contributed by atoms with Crippen molar-refractivity contribution in [3.63, 3.8) is 0 Å². The van der Waals surface area contributed by atoms with Crippen molar-refractivity contribution in [3.05, 3.63) is 35.6 Å². The van der Waals surface area contributed by atoms with E-state index in [0.29, 0.717) is 13.1 Å². The highest BCUT2D eigenvalue weighted by Gasteiger charge is 2.30. The summed E-state index contributed by atoms with van der Waals surface area (Å²) in [5.41, 5.74) is 1.04. The minimum absolute atomic E-state index is 0. The lowest BCUT2D eigenvalue weighted by atomic mass is 10.1. The van der Waals surface area contributed by atoms with E-state index in [1.807, 2.05) is 0 Å². The molecule has 1 saturated heterocycles. The van der Waals surface area contributed by atoms with Crippen molar-refractivity contribution in [1.82, 2.24) is 15.5 Å². The number of carbonyl (C=O) groups is 1. The van der Waals surface area contributed by atoms with Gasteiger partial charge >= 0.3 is 0 Å². The molecule has 1 fully saturated rings. The topological polar surface area (TPSA) is 44.4 Å². The number of carbonyl (C=O) groups excluding carboxylic acids is 1. The van der Waals surface area contributed by atoms with Gasteiger partial charge in [-0.2, -0.15) is 0 Å². The second-order valence-electron chi connectivity index (χ2n) is 5.96. The lowest BCUT2D eigenvalue weighted by molar-refractivity contribution is -0.125. The van der Waals surface area contributed by atoms with E-state index in [9.17, 15) is 9.18 Å². The molecular formula is C17H28Cl2FN3O. The zero-order chi connectivity index (χ0) is 15.9. The van der Waals surface area contributed by atoms with Gasteiger partial charge in [-0.25, -0.2) is 4.39 Å². The molecule has 1 heterocycles. The fourth-order valence-electron chi connectivity index (χ4n) is 2.93. The number of halogens is 3. The highest BCUT2D eigenvalue weighted by atomic mass is 35.5. The smallest absolute Gasteiger partial charge is 0.237 e. The van der Waals surface area contributed by atoms with Gasteiger partial charge in [0.15, 0.2) is 0 Å². The maximum absolute atomic E-state index is 13.0. The van der Waals surface area contributed by atoms with Gasteiger partial charge in [-0.15, -0.1) is 24.8 Å². The predicted molar refractivity (Wildman–Crippen MR) is 100 cm³/mol. The highest BCUT2D eigenvalue weighted by Crippen LogP contribution is 2.20. The molecule has 2 atom stereocenters. The third-order valence-corrected chi connectivity index (χ3v) is 4.10. The van der Waals surface area contributed by atoms with Crippen LogP contribution in [-0.2, 0) is 11.3 Å². The summed E-state index contributed by atoms with van der Waals surface area (Å²) in [7, 11) is 0. The molecule has 138 valence electrons. The summed E-state index contributed by atoms with van der Waals surface area (Å²) >= 11 is 0. The van der Waals surface area contributed by atoms with Crippen LogP contribution in [0.1, 0.15) is 32.3 Å². The van der Waals surface area contributed by atoms with Gasteiger partial charge in [-0.3, -0.25) is 9.69 Å². The number of hydrogen-bond donors (Lipinski definition) is 2. The van der Waals surface area contributed by atoms with Gasteiger partial charge in [0.25, 0.3) is 0 Å². The first-order valence-corrected chi connectivity index (χ1v) is 8.09. The van der Waals surface area contributed by atoms with Crippen molar-refractivity contribution in [2.24, 2.45) is 0 Å². The zero-order valence-corrected chi connectivity index (χ0v) is 15.9. The first-order valence-electron chi connectivity index (χ1n) is 8.09. The fourth-order valence-corrected chi connectivity index (χ4v) is 2.93. The molecule has 1 amide bonds. The Hall–Kier alpha value is -0.880. The minimum atomic E-state index is -0.225. The summed E-state index contributed by atoms with van der Waals surface area (Å²) < 4.78 is 13.0. The standard InChI is InChI=1S/C17H26FN3O.2ClH/c1-3-19-13(2)11-20-17(22)16-5-4-10-21(16)12-14-6-8-15(18)9-7-14;;/h6-9,13,16,19H,3-5,10-12H2,1-2H3,(H,20,22);2*1H/t13-,16?;;/m1../s1. The molecule has 2 N–H and O–H groups in total. The van der Waals surface area contributed by atoms with Gasteiger partial charge in [0.2, 0.25) is 5.91 Å². The maximum atomic E-state index is 13.0. The molecule has 0 saturated carbocycles. The molecule has 0 bridgehead atoms. The van der Waals surface area contributed by atoms with Gasteiger partial charge < -0.3 is 10.6 Å². The molecule has 4 nitrogen and oxygen atoms in total. The molecule has 24 heavy (non-hydrogen) atoms. The van der Waals surface area contributed by atoms with Crippen LogP contribution in [0.2, 0.25) is 0 Å². The van der Waals surface area contributed by atoms with Crippen molar-refractivity contribution in [1.29, 1.82) is 0 Å². The van der Waals surface area contributed by atoms with Crippen LogP contribution in [-0.4, -0.2) is 42.5 Å². The molecule has 1 aliphatic heterocycles. The van der Waals surface area contributed by atoms with E-state index in [0.717, 1.165) is 31.5 Å². The van der Waals surface area contributed by atoms with Crippen molar-refractivity contribution in [2.75, 3.05) is 19.6 Å². The van der Waals surface area contributed by atoms with Gasteiger partial charge in [-0.1, -0.05) is 19.1 Å². The highest BCUT2D eigenvalue weighted by molar-refractivity contribution is 5.85. The Bertz CT molecular complexity index is 487. The Morgan fingerprint density at radius 2 is 2.00 bits per heavy atom. The quantitative estimate of drug-likeness (QED) is 0.765. The van der Waals surface area contributed by atoms with Crippen LogP contribution in [0.5, 0.6) is 0 Å². The van der Waals surface area contributed by atoms with Gasteiger partial charge in [0.05, 0.1) is 6.04 Å². The summed E-state index contributed by atoms with van der Waals surface area (Å²) in [4.78, 5) is 14.5. The maximum Gasteiger partial charge on any atom is 0.237 e. The minimum Gasteiger partial charge on any atom is -0.353 e. The average molecular weight is 380 g/mol. The lowest BCUT2D eigenvalue weighted by Crippen LogP contribution is -2.46. The van der Waals surface area contributed by atoms with Gasteiger partial charge in [0, 0.05) is 19.1 Å². The second kappa shape index (κ2) is 11.6. The van der Waals surface area contributed by atoms with E-state index < -0.39 is 0 Å². The van der Waals surface area contributed by atoms with Crippen LogP contribution in [0.4, 0.5) is 4.39 Å². The third kappa shape index (κ3) is 6.93. The first-order chi connectivity index (χ1) is 10.6. The van der Waals surface area contributed by atoms with Crippen LogP contribution >= 0.6 is 24.8 Å². The molecule has 0 spiro atoms. The van der Waals surface area contributed by atoms with Crippen molar-refractivity contribution in [2.45, 2.75) is 45.3 Å². The third-order valence-electron chi connectivity index (χ3n) is 4.10. The van der Waals surface area contributed by atoms with E-state index in [1.165, 1.54) is 12.1 Å². The molecule has 2 rings (SSSR count). The summed E-state index contributed by atoms with van der Waals surface area (Å²) in [6.45, 7) is 7.28. The molecule has 1 aliphatic rings. The van der Waals surface area contributed by atoms with Crippen LogP contribution in [0.15, 0.2) is 24.3 Å². The zero-order valence-electron chi connectivity index (χ0n) is 14.3. The summed E-state index contributed by atoms with van der Waals surface area (Å²) in [5, 5.41) is 6.31. The monoisotopic (exact) mass is 379 g/mol. The van der Waals surface area contributed by atoms with Crippen LogP contribution in [0, 0.1) is 5.82 Å². The summed E-state index contributed by atoms with van der Waals surface area (Å²) in [5.74, 6) is -0.124. The Labute approximate surface area is 156 Å². The van der Waals surface area contributed by atoms with Crippen LogP contribution in [0.3, 0.4) is 0 Å². The number of hydrogen-bond acceptors (Lipinski definition) is 3. The number of nitrogens with one attached hydrogen (secondary N) is 2. The van der Waals surface area contributed by atoms with Crippen LogP contribution in [0.25, 0.3) is 0 Å². The normalized spacial score (nSPS) is 18.4. The largest absolute Gasteiger partial charge is 0.353 e. The number of nitrogens with zero attached hydrogens (tertiary/aromatic N) is 1. The molecular weight excluding hydrogens is 352 g/mol. The Morgan fingerprint density at radius 1 is 1.33 bits per heavy atom. The lowest BCUT2D eigenvalue weighted by Gasteiger charge is -2.24.